The minimum Gasteiger partial charge on any atom is -0.311 e. The lowest BCUT2D eigenvalue weighted by molar-refractivity contribution is 0.129. The first-order valence-corrected chi connectivity index (χ1v) is 10.2. The number of sulfonamides is 1. The fraction of sp³-hybridized carbons (Fsp3) is 1.00. The molecule has 3 fully saturated rings. The van der Waals surface area contributed by atoms with Crippen molar-refractivity contribution in [1.82, 2.24) is 14.5 Å². The van der Waals surface area contributed by atoms with Crippen molar-refractivity contribution in [3.05, 3.63) is 0 Å². The molecule has 3 atom stereocenters. The molecule has 0 aromatic carbocycles. The number of fused-ring (bicyclic) bond motifs is 2. The highest BCUT2D eigenvalue weighted by molar-refractivity contribution is 7.88. The standard InChI is InChI=1S/C15H29N3O2S.ClH/c1-17(15-8-13-5-6-14(9-15)16-13)10-12-4-3-7-18(11-12)21(2,19)20;/h12-16H,3-11H2,1-2H3;1H. The Hall–Kier alpha value is 0.120. The number of halogens is 1. The molecular weight excluding hydrogens is 322 g/mol. The number of rotatable bonds is 4. The van der Waals surface area contributed by atoms with Crippen LogP contribution < -0.4 is 5.32 Å². The number of nitrogens with zero attached hydrogens (tertiary/aromatic N) is 2. The Morgan fingerprint density at radius 2 is 1.82 bits per heavy atom. The first-order chi connectivity index (χ1) is 9.91. The van der Waals surface area contributed by atoms with E-state index in [1.807, 2.05) is 0 Å². The van der Waals surface area contributed by atoms with Crippen LogP contribution in [0.2, 0.25) is 0 Å². The van der Waals surface area contributed by atoms with Crippen LogP contribution in [0.15, 0.2) is 0 Å². The van der Waals surface area contributed by atoms with Gasteiger partial charge < -0.3 is 10.2 Å². The molecule has 3 aliphatic rings. The lowest BCUT2D eigenvalue weighted by Crippen LogP contribution is -2.49. The maximum atomic E-state index is 11.7. The highest BCUT2D eigenvalue weighted by Gasteiger charge is 2.36. The summed E-state index contributed by atoms with van der Waals surface area (Å²) < 4.78 is 25.1. The van der Waals surface area contributed by atoms with E-state index in [4.69, 9.17) is 0 Å². The van der Waals surface area contributed by atoms with Gasteiger partial charge in [0, 0.05) is 37.8 Å². The molecule has 0 spiro atoms. The Kier molecular flexibility index (Phi) is 6.16. The number of nitrogens with one attached hydrogen (secondary N) is 1. The van der Waals surface area contributed by atoms with Crippen molar-refractivity contribution in [2.24, 2.45) is 5.92 Å². The maximum Gasteiger partial charge on any atom is 0.211 e. The van der Waals surface area contributed by atoms with Gasteiger partial charge in [-0.1, -0.05) is 0 Å². The van der Waals surface area contributed by atoms with Crippen LogP contribution in [0, 0.1) is 5.92 Å². The van der Waals surface area contributed by atoms with Gasteiger partial charge in [0.05, 0.1) is 6.26 Å². The van der Waals surface area contributed by atoms with Crippen LogP contribution in [0.3, 0.4) is 0 Å². The van der Waals surface area contributed by atoms with Crippen molar-refractivity contribution in [3.63, 3.8) is 0 Å². The average Bonchev–Trinajstić information content (AvgIpc) is 2.76. The fourth-order valence-electron chi connectivity index (χ4n) is 4.42. The quantitative estimate of drug-likeness (QED) is 0.829. The molecule has 3 rings (SSSR count). The Bertz CT molecular complexity index is 461. The van der Waals surface area contributed by atoms with Gasteiger partial charge >= 0.3 is 0 Å². The van der Waals surface area contributed by atoms with E-state index in [0.29, 0.717) is 25.0 Å². The second-order valence-electron chi connectivity index (χ2n) is 7.33. The highest BCUT2D eigenvalue weighted by Crippen LogP contribution is 2.30. The average molecular weight is 352 g/mol. The van der Waals surface area contributed by atoms with Gasteiger partial charge in [-0.25, -0.2) is 12.7 Å². The Balaban J connectivity index is 0.00000176. The smallest absolute Gasteiger partial charge is 0.211 e. The molecule has 0 saturated carbocycles. The molecule has 130 valence electrons. The molecule has 7 heteroatoms. The summed E-state index contributed by atoms with van der Waals surface area (Å²) in [6, 6.07) is 2.11. The monoisotopic (exact) mass is 351 g/mol. The molecule has 3 heterocycles. The molecule has 22 heavy (non-hydrogen) atoms. The van der Waals surface area contributed by atoms with E-state index in [0.717, 1.165) is 31.5 Å². The lowest BCUT2D eigenvalue weighted by Gasteiger charge is -2.39. The summed E-state index contributed by atoms with van der Waals surface area (Å²) in [7, 11) is -0.791. The minimum atomic E-state index is -3.02. The minimum absolute atomic E-state index is 0. The van der Waals surface area contributed by atoms with Crippen molar-refractivity contribution < 1.29 is 8.42 Å². The van der Waals surface area contributed by atoms with Gasteiger partial charge in [-0.2, -0.15) is 0 Å². The molecule has 0 amide bonds. The third-order valence-corrected chi connectivity index (χ3v) is 6.84. The molecule has 3 saturated heterocycles. The number of hydrogen-bond acceptors (Lipinski definition) is 4. The largest absolute Gasteiger partial charge is 0.311 e. The van der Waals surface area contributed by atoms with Crippen molar-refractivity contribution in [1.29, 1.82) is 0 Å². The molecule has 0 aliphatic carbocycles. The van der Waals surface area contributed by atoms with E-state index in [-0.39, 0.29) is 12.4 Å². The molecule has 0 radical (unpaired) electrons. The second kappa shape index (κ2) is 7.34. The summed E-state index contributed by atoms with van der Waals surface area (Å²) in [5.74, 6) is 0.492. The summed E-state index contributed by atoms with van der Waals surface area (Å²) in [5, 5.41) is 3.69. The van der Waals surface area contributed by atoms with Crippen molar-refractivity contribution in [2.75, 3.05) is 32.9 Å². The topological polar surface area (TPSA) is 52.7 Å². The summed E-state index contributed by atoms with van der Waals surface area (Å²) in [4.78, 5) is 2.50. The first kappa shape index (κ1) is 18.5. The van der Waals surface area contributed by atoms with Gasteiger partial charge in [0.25, 0.3) is 0 Å². The van der Waals surface area contributed by atoms with E-state index in [1.165, 1.54) is 31.9 Å². The maximum absolute atomic E-state index is 11.7. The zero-order valence-electron chi connectivity index (χ0n) is 13.7. The van der Waals surface area contributed by atoms with Crippen LogP contribution in [-0.2, 0) is 10.0 Å². The van der Waals surface area contributed by atoms with Crippen molar-refractivity contribution in [2.45, 2.75) is 56.7 Å². The lowest BCUT2D eigenvalue weighted by atomic mass is 9.95. The van der Waals surface area contributed by atoms with Crippen molar-refractivity contribution >= 4 is 22.4 Å². The molecular formula is C15H30ClN3O2S. The van der Waals surface area contributed by atoms with Crippen LogP contribution in [-0.4, -0.2) is 68.7 Å². The molecule has 5 nitrogen and oxygen atoms in total. The third kappa shape index (κ3) is 4.35. The predicted octanol–water partition coefficient (Wildman–Crippen LogP) is 1.29. The third-order valence-electron chi connectivity index (χ3n) is 5.57. The SMILES string of the molecule is CN(CC1CCCN(S(C)(=O)=O)C1)C1CC2CCC(C1)N2.Cl. The van der Waals surface area contributed by atoms with Crippen LogP contribution >= 0.6 is 12.4 Å². The summed E-state index contributed by atoms with van der Waals surface area (Å²) >= 11 is 0. The van der Waals surface area contributed by atoms with Crippen molar-refractivity contribution in [3.8, 4) is 0 Å². The van der Waals surface area contributed by atoms with E-state index in [1.54, 1.807) is 4.31 Å². The van der Waals surface area contributed by atoms with Gasteiger partial charge in [-0.3, -0.25) is 0 Å². The molecule has 3 aliphatic heterocycles. The van der Waals surface area contributed by atoms with E-state index < -0.39 is 10.0 Å². The molecule has 0 aromatic heterocycles. The Morgan fingerprint density at radius 1 is 1.18 bits per heavy atom. The Labute approximate surface area is 141 Å². The molecule has 0 aromatic rings. The summed E-state index contributed by atoms with van der Waals surface area (Å²) in [6.07, 6.45) is 8.69. The van der Waals surface area contributed by atoms with E-state index in [9.17, 15) is 8.42 Å². The number of piperidine rings is 2. The first-order valence-electron chi connectivity index (χ1n) is 8.33. The van der Waals surface area contributed by atoms with Gasteiger partial charge in [-0.05, 0) is 51.5 Å². The summed E-state index contributed by atoms with van der Waals surface area (Å²) in [5.41, 5.74) is 0. The van der Waals surface area contributed by atoms with Crippen LogP contribution in [0.1, 0.15) is 38.5 Å². The highest BCUT2D eigenvalue weighted by atomic mass is 35.5. The van der Waals surface area contributed by atoms with E-state index >= 15 is 0 Å². The summed E-state index contributed by atoms with van der Waals surface area (Å²) in [6.45, 7) is 2.45. The van der Waals surface area contributed by atoms with Gasteiger partial charge in [-0.15, -0.1) is 12.4 Å². The predicted molar refractivity (Wildman–Crippen MR) is 92.0 cm³/mol. The zero-order chi connectivity index (χ0) is 15.0. The van der Waals surface area contributed by atoms with Crippen LogP contribution in [0.25, 0.3) is 0 Å². The van der Waals surface area contributed by atoms with E-state index in [2.05, 4.69) is 17.3 Å². The molecule has 1 N–H and O–H groups in total. The molecule has 2 bridgehead atoms. The van der Waals surface area contributed by atoms with Crippen LogP contribution in [0.4, 0.5) is 0 Å². The normalized spacial score (nSPS) is 36.3. The zero-order valence-corrected chi connectivity index (χ0v) is 15.3. The molecule has 3 unspecified atom stereocenters. The fourth-order valence-corrected chi connectivity index (χ4v) is 5.36. The second-order valence-corrected chi connectivity index (χ2v) is 9.31. The number of hydrogen-bond donors (Lipinski definition) is 1. The van der Waals surface area contributed by atoms with Gasteiger partial charge in [0.1, 0.15) is 0 Å². The van der Waals surface area contributed by atoms with Gasteiger partial charge in [0.15, 0.2) is 0 Å². The van der Waals surface area contributed by atoms with Crippen LogP contribution in [0.5, 0.6) is 0 Å². The Morgan fingerprint density at radius 3 is 2.41 bits per heavy atom. The van der Waals surface area contributed by atoms with Gasteiger partial charge in [0.2, 0.25) is 10.0 Å².